The maximum absolute atomic E-state index is 6.02. The lowest BCUT2D eigenvalue weighted by molar-refractivity contribution is 0.507. The Morgan fingerprint density at radius 2 is 2.00 bits per heavy atom. The maximum atomic E-state index is 6.02. The molecule has 0 aliphatic heterocycles. The lowest BCUT2D eigenvalue weighted by Crippen LogP contribution is -2.13. The van der Waals surface area contributed by atoms with Gasteiger partial charge in [-0.05, 0) is 24.8 Å². The molecule has 4 N–H and O–H groups in total. The summed E-state index contributed by atoms with van der Waals surface area (Å²) in [5.74, 6) is 1.24. The van der Waals surface area contributed by atoms with E-state index in [-0.39, 0.29) is 18.4 Å². The Bertz CT molecular complexity index is 289. The minimum atomic E-state index is 0. The van der Waals surface area contributed by atoms with Crippen LogP contribution < -0.4 is 11.5 Å². The van der Waals surface area contributed by atoms with E-state index in [1.165, 1.54) is 0 Å². The summed E-state index contributed by atoms with van der Waals surface area (Å²) < 4.78 is 0. The number of hydrogen-bond acceptors (Lipinski definition) is 3. The number of hydrogen-bond donors (Lipinski definition) is 2. The van der Waals surface area contributed by atoms with Gasteiger partial charge >= 0.3 is 0 Å². The minimum Gasteiger partial charge on any atom is -0.383 e. The van der Waals surface area contributed by atoms with E-state index in [0.29, 0.717) is 11.7 Å². The van der Waals surface area contributed by atoms with Crippen LogP contribution in [-0.4, -0.2) is 4.98 Å². The molecule has 0 aromatic carbocycles. The maximum Gasteiger partial charge on any atom is 0.128 e. The van der Waals surface area contributed by atoms with E-state index in [4.69, 9.17) is 11.5 Å². The van der Waals surface area contributed by atoms with Crippen LogP contribution >= 0.6 is 12.4 Å². The van der Waals surface area contributed by atoms with Gasteiger partial charge in [0.25, 0.3) is 0 Å². The molecule has 0 amide bonds. The molecule has 0 aliphatic carbocycles. The molecule has 0 unspecified atom stereocenters. The standard InChI is InChI=1S/C11H19N3.ClH/c1-8(2)5-6-10(12)9-4-3-7-14-11(9)13;/h3-4,7-8,10H,5-6,12H2,1-2H3,(H2,13,14);1H/t10-;/m1./s1. The third kappa shape index (κ3) is 4.49. The molecule has 0 aliphatic rings. The smallest absolute Gasteiger partial charge is 0.128 e. The number of anilines is 1. The molecule has 1 atom stereocenters. The van der Waals surface area contributed by atoms with Gasteiger partial charge in [0.05, 0.1) is 0 Å². The van der Waals surface area contributed by atoms with Gasteiger partial charge in [-0.25, -0.2) is 4.98 Å². The molecule has 1 aromatic heterocycles. The number of rotatable bonds is 4. The summed E-state index contributed by atoms with van der Waals surface area (Å²) in [6.07, 6.45) is 3.77. The normalized spacial score (nSPS) is 12.3. The summed E-state index contributed by atoms with van der Waals surface area (Å²) in [6, 6.07) is 3.85. The zero-order valence-electron chi connectivity index (χ0n) is 9.31. The van der Waals surface area contributed by atoms with Crippen molar-refractivity contribution in [3.63, 3.8) is 0 Å². The molecule has 0 saturated carbocycles. The zero-order chi connectivity index (χ0) is 10.6. The second-order valence-electron chi connectivity index (χ2n) is 4.06. The first-order valence-corrected chi connectivity index (χ1v) is 5.07. The fourth-order valence-electron chi connectivity index (χ4n) is 1.41. The molecule has 1 rings (SSSR count). The largest absolute Gasteiger partial charge is 0.383 e. The quantitative estimate of drug-likeness (QED) is 0.834. The van der Waals surface area contributed by atoms with Gasteiger partial charge in [-0.2, -0.15) is 0 Å². The highest BCUT2D eigenvalue weighted by Crippen LogP contribution is 2.21. The van der Waals surface area contributed by atoms with Crippen molar-refractivity contribution in [2.75, 3.05) is 5.73 Å². The van der Waals surface area contributed by atoms with Crippen LogP contribution in [0.15, 0.2) is 18.3 Å². The fourth-order valence-corrected chi connectivity index (χ4v) is 1.41. The topological polar surface area (TPSA) is 64.9 Å². The molecule has 0 spiro atoms. The predicted molar refractivity (Wildman–Crippen MR) is 66.9 cm³/mol. The number of nitrogens with zero attached hydrogens (tertiary/aromatic N) is 1. The van der Waals surface area contributed by atoms with Gasteiger partial charge < -0.3 is 11.5 Å². The van der Waals surface area contributed by atoms with Gasteiger partial charge in [0.1, 0.15) is 5.82 Å². The second kappa shape index (κ2) is 6.64. The first-order chi connectivity index (χ1) is 6.61. The number of pyridine rings is 1. The highest BCUT2D eigenvalue weighted by Gasteiger charge is 2.10. The van der Waals surface area contributed by atoms with Crippen LogP contribution in [0.1, 0.15) is 38.3 Å². The van der Waals surface area contributed by atoms with Crippen molar-refractivity contribution in [3.05, 3.63) is 23.9 Å². The molecule has 4 heteroatoms. The van der Waals surface area contributed by atoms with Crippen molar-refractivity contribution in [2.45, 2.75) is 32.7 Å². The molecular weight excluding hydrogens is 210 g/mol. The summed E-state index contributed by atoms with van der Waals surface area (Å²) in [4.78, 5) is 4.03. The average Bonchev–Trinajstić information content (AvgIpc) is 2.15. The summed E-state index contributed by atoms with van der Waals surface area (Å²) in [6.45, 7) is 4.39. The average molecular weight is 230 g/mol. The Labute approximate surface area is 97.7 Å². The van der Waals surface area contributed by atoms with E-state index < -0.39 is 0 Å². The van der Waals surface area contributed by atoms with E-state index in [9.17, 15) is 0 Å². The molecule has 86 valence electrons. The first kappa shape index (κ1) is 14.2. The van der Waals surface area contributed by atoms with Crippen LogP contribution in [0, 0.1) is 5.92 Å². The highest BCUT2D eigenvalue weighted by atomic mass is 35.5. The Hall–Kier alpha value is -0.800. The highest BCUT2D eigenvalue weighted by molar-refractivity contribution is 5.85. The first-order valence-electron chi connectivity index (χ1n) is 5.07. The molecule has 15 heavy (non-hydrogen) atoms. The summed E-state index contributed by atoms with van der Waals surface area (Å²) in [5, 5.41) is 0. The third-order valence-corrected chi connectivity index (χ3v) is 2.33. The molecule has 1 heterocycles. The van der Waals surface area contributed by atoms with Crippen LogP contribution in [0.2, 0.25) is 0 Å². The summed E-state index contributed by atoms with van der Waals surface area (Å²) in [7, 11) is 0. The van der Waals surface area contributed by atoms with Crippen molar-refractivity contribution in [1.29, 1.82) is 0 Å². The van der Waals surface area contributed by atoms with Crippen LogP contribution in [0.25, 0.3) is 0 Å². The minimum absolute atomic E-state index is 0. The van der Waals surface area contributed by atoms with Crippen LogP contribution in [-0.2, 0) is 0 Å². The summed E-state index contributed by atoms with van der Waals surface area (Å²) >= 11 is 0. The zero-order valence-corrected chi connectivity index (χ0v) is 10.1. The molecule has 0 saturated heterocycles. The van der Waals surface area contributed by atoms with E-state index in [1.54, 1.807) is 6.20 Å². The Balaban J connectivity index is 0.00000196. The van der Waals surface area contributed by atoms with E-state index in [1.807, 2.05) is 12.1 Å². The van der Waals surface area contributed by atoms with Gasteiger partial charge in [-0.3, -0.25) is 0 Å². The lowest BCUT2D eigenvalue weighted by Gasteiger charge is -2.14. The Morgan fingerprint density at radius 3 is 2.53 bits per heavy atom. The SMILES string of the molecule is CC(C)CC[C@@H](N)c1cccnc1N.Cl. The summed E-state index contributed by atoms with van der Waals surface area (Å²) in [5.41, 5.74) is 12.7. The van der Waals surface area contributed by atoms with Crippen molar-refractivity contribution in [3.8, 4) is 0 Å². The van der Waals surface area contributed by atoms with Gasteiger partial charge in [-0.1, -0.05) is 19.9 Å². The second-order valence-corrected chi connectivity index (χ2v) is 4.06. The molecule has 0 fully saturated rings. The lowest BCUT2D eigenvalue weighted by atomic mass is 9.99. The van der Waals surface area contributed by atoms with Gasteiger partial charge in [0.15, 0.2) is 0 Å². The van der Waals surface area contributed by atoms with Crippen LogP contribution in [0.3, 0.4) is 0 Å². The monoisotopic (exact) mass is 229 g/mol. The fraction of sp³-hybridized carbons (Fsp3) is 0.545. The van der Waals surface area contributed by atoms with Crippen molar-refractivity contribution < 1.29 is 0 Å². The molecular formula is C11H20ClN3. The molecule has 3 nitrogen and oxygen atoms in total. The molecule has 1 aromatic rings. The van der Waals surface area contributed by atoms with E-state index in [2.05, 4.69) is 18.8 Å². The number of halogens is 1. The Morgan fingerprint density at radius 1 is 1.33 bits per heavy atom. The van der Waals surface area contributed by atoms with Gasteiger partial charge in [-0.15, -0.1) is 12.4 Å². The van der Waals surface area contributed by atoms with E-state index in [0.717, 1.165) is 18.4 Å². The van der Waals surface area contributed by atoms with Crippen molar-refractivity contribution >= 4 is 18.2 Å². The number of nitrogen functional groups attached to an aromatic ring is 1. The van der Waals surface area contributed by atoms with Gasteiger partial charge in [0.2, 0.25) is 0 Å². The third-order valence-electron chi connectivity index (χ3n) is 2.33. The van der Waals surface area contributed by atoms with Crippen molar-refractivity contribution in [1.82, 2.24) is 4.98 Å². The van der Waals surface area contributed by atoms with Crippen molar-refractivity contribution in [2.24, 2.45) is 11.7 Å². The number of nitrogens with two attached hydrogens (primary N) is 2. The van der Waals surface area contributed by atoms with Crippen LogP contribution in [0.5, 0.6) is 0 Å². The van der Waals surface area contributed by atoms with Crippen LogP contribution in [0.4, 0.5) is 5.82 Å². The predicted octanol–water partition coefficient (Wildman–Crippen LogP) is 2.52. The van der Waals surface area contributed by atoms with E-state index >= 15 is 0 Å². The number of aromatic nitrogens is 1. The molecule has 0 bridgehead atoms. The van der Waals surface area contributed by atoms with Gasteiger partial charge in [0, 0.05) is 17.8 Å². The molecule has 0 radical (unpaired) electrons. The Kier molecular flexibility index (Phi) is 6.29.